The number of rotatable bonds is 5. The summed E-state index contributed by atoms with van der Waals surface area (Å²) in [6, 6.07) is 14.3. The van der Waals surface area contributed by atoms with Crippen LogP contribution in [0.5, 0.6) is 5.75 Å². The molecule has 3 rings (SSSR count). The van der Waals surface area contributed by atoms with Gasteiger partial charge in [0.2, 0.25) is 0 Å². The van der Waals surface area contributed by atoms with Gasteiger partial charge in [0.25, 0.3) is 11.5 Å². The number of aromatic nitrogens is 2. The summed E-state index contributed by atoms with van der Waals surface area (Å²) in [6.07, 6.45) is 4.93. The third-order valence-electron chi connectivity index (χ3n) is 3.65. The highest BCUT2D eigenvalue weighted by Crippen LogP contribution is 2.18. The molecule has 0 saturated carbocycles. The van der Waals surface area contributed by atoms with Crippen molar-refractivity contribution in [3.05, 3.63) is 76.2 Å². The van der Waals surface area contributed by atoms with Gasteiger partial charge >= 0.3 is 0 Å². The van der Waals surface area contributed by atoms with Crippen LogP contribution in [0.3, 0.4) is 0 Å². The van der Waals surface area contributed by atoms with Crippen molar-refractivity contribution in [2.24, 2.45) is 5.10 Å². The SMILES string of the molecule is COc1ccccc1/C=C/C=N/NC(=O)c1n[nH]c(=O)c2ccccc12. The lowest BCUT2D eigenvalue weighted by molar-refractivity contribution is 0.0951. The Kier molecular flexibility index (Phi) is 5.19. The predicted octanol–water partition coefficient (Wildman–Crippen LogP) is 2.36. The van der Waals surface area contributed by atoms with Gasteiger partial charge in [-0.25, -0.2) is 10.5 Å². The molecule has 26 heavy (non-hydrogen) atoms. The lowest BCUT2D eigenvalue weighted by Crippen LogP contribution is -2.22. The molecule has 0 aliphatic heterocycles. The molecule has 0 spiro atoms. The second-order valence-electron chi connectivity index (χ2n) is 5.27. The number of allylic oxidation sites excluding steroid dienone is 1. The molecule has 0 atom stereocenters. The summed E-state index contributed by atoms with van der Waals surface area (Å²) < 4.78 is 5.25. The van der Waals surface area contributed by atoms with Crippen molar-refractivity contribution < 1.29 is 9.53 Å². The molecule has 0 radical (unpaired) electrons. The predicted molar refractivity (Wildman–Crippen MR) is 100 cm³/mol. The number of para-hydroxylation sites is 1. The molecule has 0 bridgehead atoms. The molecule has 1 heterocycles. The fraction of sp³-hybridized carbons (Fsp3) is 0.0526. The van der Waals surface area contributed by atoms with E-state index in [9.17, 15) is 9.59 Å². The summed E-state index contributed by atoms with van der Waals surface area (Å²) >= 11 is 0. The van der Waals surface area contributed by atoms with Crippen LogP contribution in [0, 0.1) is 0 Å². The first kappa shape index (κ1) is 17.1. The van der Waals surface area contributed by atoms with Gasteiger partial charge in [-0.3, -0.25) is 9.59 Å². The number of amides is 1. The van der Waals surface area contributed by atoms with E-state index in [4.69, 9.17) is 4.74 Å². The summed E-state index contributed by atoms with van der Waals surface area (Å²) in [6.45, 7) is 0. The number of carbonyl (C=O) groups excluding carboxylic acids is 1. The van der Waals surface area contributed by atoms with Gasteiger partial charge in [0.15, 0.2) is 5.69 Å². The van der Waals surface area contributed by atoms with Crippen molar-refractivity contribution in [3.63, 3.8) is 0 Å². The third-order valence-corrected chi connectivity index (χ3v) is 3.65. The number of ether oxygens (including phenoxy) is 1. The van der Waals surface area contributed by atoms with Gasteiger partial charge in [-0.1, -0.05) is 36.4 Å². The highest BCUT2D eigenvalue weighted by molar-refractivity contribution is 6.04. The number of nitrogens with zero attached hydrogens (tertiary/aromatic N) is 2. The zero-order chi connectivity index (χ0) is 18.4. The summed E-state index contributed by atoms with van der Waals surface area (Å²) in [5.41, 5.74) is 3.03. The minimum absolute atomic E-state index is 0.103. The van der Waals surface area contributed by atoms with Crippen LogP contribution in [0.15, 0.2) is 64.5 Å². The highest BCUT2D eigenvalue weighted by Gasteiger charge is 2.12. The van der Waals surface area contributed by atoms with E-state index >= 15 is 0 Å². The summed E-state index contributed by atoms with van der Waals surface area (Å²) in [4.78, 5) is 24.0. The van der Waals surface area contributed by atoms with Crippen molar-refractivity contribution >= 4 is 29.0 Å². The average molecular weight is 348 g/mol. The molecule has 0 unspecified atom stereocenters. The normalized spacial score (nSPS) is 11.3. The van der Waals surface area contributed by atoms with E-state index in [1.807, 2.05) is 30.3 Å². The first-order chi connectivity index (χ1) is 12.7. The molecule has 0 saturated heterocycles. The number of carbonyl (C=O) groups is 1. The van der Waals surface area contributed by atoms with Gasteiger partial charge in [0.05, 0.1) is 12.5 Å². The summed E-state index contributed by atoms with van der Waals surface area (Å²) in [5, 5.41) is 10.9. The zero-order valence-corrected chi connectivity index (χ0v) is 14.0. The Balaban J connectivity index is 1.72. The lowest BCUT2D eigenvalue weighted by Gasteiger charge is -2.03. The van der Waals surface area contributed by atoms with E-state index in [1.54, 1.807) is 37.5 Å². The van der Waals surface area contributed by atoms with Gasteiger partial charge in [-0.15, -0.1) is 0 Å². The Bertz CT molecular complexity index is 1050. The first-order valence-corrected chi connectivity index (χ1v) is 7.81. The van der Waals surface area contributed by atoms with Crippen LogP contribution in [0.1, 0.15) is 16.1 Å². The van der Waals surface area contributed by atoms with E-state index in [1.165, 1.54) is 6.21 Å². The molecule has 2 aromatic carbocycles. The van der Waals surface area contributed by atoms with E-state index < -0.39 is 5.91 Å². The molecule has 1 aromatic heterocycles. The van der Waals surface area contributed by atoms with Crippen molar-refractivity contribution in [1.29, 1.82) is 0 Å². The van der Waals surface area contributed by atoms with Crippen molar-refractivity contribution in [1.82, 2.24) is 15.6 Å². The van der Waals surface area contributed by atoms with E-state index in [0.717, 1.165) is 11.3 Å². The second-order valence-corrected chi connectivity index (χ2v) is 5.27. The molecule has 0 aliphatic carbocycles. The van der Waals surface area contributed by atoms with Gasteiger partial charge in [0, 0.05) is 17.2 Å². The molecule has 3 aromatic rings. The Hall–Kier alpha value is -3.74. The van der Waals surface area contributed by atoms with Crippen LogP contribution in [0.25, 0.3) is 16.8 Å². The number of hydrazone groups is 1. The highest BCUT2D eigenvalue weighted by atomic mass is 16.5. The quantitative estimate of drug-likeness (QED) is 0.546. The van der Waals surface area contributed by atoms with Gasteiger partial charge in [-0.05, 0) is 24.3 Å². The van der Waals surface area contributed by atoms with Crippen LogP contribution in [-0.4, -0.2) is 29.4 Å². The topological polar surface area (TPSA) is 96.4 Å². The van der Waals surface area contributed by atoms with Crippen LogP contribution < -0.4 is 15.7 Å². The first-order valence-electron chi connectivity index (χ1n) is 7.81. The maximum atomic E-state index is 12.3. The Morgan fingerprint density at radius 3 is 2.69 bits per heavy atom. The molecular weight excluding hydrogens is 332 g/mol. The van der Waals surface area contributed by atoms with Crippen LogP contribution in [0.4, 0.5) is 0 Å². The largest absolute Gasteiger partial charge is 0.496 e. The van der Waals surface area contributed by atoms with Crippen molar-refractivity contribution in [2.75, 3.05) is 7.11 Å². The monoisotopic (exact) mass is 348 g/mol. The number of nitrogens with one attached hydrogen (secondary N) is 2. The lowest BCUT2D eigenvalue weighted by atomic mass is 10.1. The number of hydrogen-bond donors (Lipinski definition) is 2. The maximum absolute atomic E-state index is 12.3. The minimum Gasteiger partial charge on any atom is -0.496 e. The van der Waals surface area contributed by atoms with E-state index in [-0.39, 0.29) is 11.3 Å². The minimum atomic E-state index is -0.514. The molecule has 0 aliphatic rings. The smallest absolute Gasteiger partial charge is 0.292 e. The van der Waals surface area contributed by atoms with E-state index in [2.05, 4.69) is 20.7 Å². The molecule has 7 heteroatoms. The molecule has 0 fully saturated rings. The number of aromatic amines is 1. The standard InChI is InChI=1S/C19H16N4O3/c1-26-16-11-5-2-7-13(16)8-6-12-20-22-19(25)17-14-9-3-4-10-15(14)18(24)23-21-17/h2-12H,1H3,(H,22,25)(H,23,24)/b8-6+,20-12+. The molecule has 130 valence electrons. The number of benzene rings is 2. The van der Waals surface area contributed by atoms with Gasteiger partial charge < -0.3 is 4.74 Å². The maximum Gasteiger partial charge on any atom is 0.292 e. The fourth-order valence-corrected chi connectivity index (χ4v) is 2.43. The summed E-state index contributed by atoms with van der Waals surface area (Å²) in [7, 11) is 1.60. The van der Waals surface area contributed by atoms with E-state index in [0.29, 0.717) is 10.8 Å². The zero-order valence-electron chi connectivity index (χ0n) is 14.0. The Morgan fingerprint density at radius 1 is 1.15 bits per heavy atom. The molecule has 2 N–H and O–H groups in total. The molecule has 7 nitrogen and oxygen atoms in total. The number of hydrogen-bond acceptors (Lipinski definition) is 5. The van der Waals surface area contributed by atoms with Gasteiger partial charge in [0.1, 0.15) is 5.75 Å². The van der Waals surface area contributed by atoms with Crippen molar-refractivity contribution in [2.45, 2.75) is 0 Å². The number of H-pyrrole nitrogens is 1. The van der Waals surface area contributed by atoms with Crippen LogP contribution >= 0.6 is 0 Å². The third kappa shape index (κ3) is 3.67. The number of methoxy groups -OCH3 is 1. The van der Waals surface area contributed by atoms with Gasteiger partial charge in [-0.2, -0.15) is 10.2 Å². The van der Waals surface area contributed by atoms with Crippen molar-refractivity contribution in [3.8, 4) is 5.75 Å². The Morgan fingerprint density at radius 2 is 1.88 bits per heavy atom. The molecule has 1 amide bonds. The van der Waals surface area contributed by atoms with Crippen LogP contribution in [0.2, 0.25) is 0 Å². The average Bonchev–Trinajstić information content (AvgIpc) is 2.68. The second kappa shape index (κ2) is 7.89. The Labute approximate surface area is 149 Å². The number of fused-ring (bicyclic) bond motifs is 1. The fourth-order valence-electron chi connectivity index (χ4n) is 2.43. The summed E-state index contributed by atoms with van der Waals surface area (Å²) in [5.74, 6) is 0.226. The molecular formula is C19H16N4O3. The van der Waals surface area contributed by atoms with Crippen LogP contribution in [-0.2, 0) is 0 Å².